The number of hydrogen-bond donors (Lipinski definition) is 2. The number of hydrogen-bond acceptors (Lipinski definition) is 4. The van der Waals surface area contributed by atoms with Crippen LogP contribution >= 0.6 is 15.9 Å². The van der Waals surface area contributed by atoms with E-state index in [1.165, 1.54) is 0 Å². The van der Waals surface area contributed by atoms with Crippen molar-refractivity contribution in [1.29, 1.82) is 0 Å². The average molecular weight is 369 g/mol. The summed E-state index contributed by atoms with van der Waals surface area (Å²) in [5.41, 5.74) is 6.02. The van der Waals surface area contributed by atoms with Gasteiger partial charge in [0.1, 0.15) is 5.54 Å². The third-order valence-electron chi connectivity index (χ3n) is 4.23. The molecule has 1 amide bonds. The van der Waals surface area contributed by atoms with Crippen molar-refractivity contribution in [2.75, 3.05) is 46.3 Å². The second-order valence-corrected chi connectivity index (χ2v) is 7.03. The summed E-state index contributed by atoms with van der Waals surface area (Å²) in [4.78, 5) is 17.1. The van der Waals surface area contributed by atoms with Crippen LogP contribution in [-0.2, 0) is 10.3 Å². The van der Waals surface area contributed by atoms with Crippen molar-refractivity contribution >= 4 is 21.8 Å². The molecule has 1 saturated heterocycles. The highest BCUT2D eigenvalue weighted by atomic mass is 79.9. The number of nitrogens with two attached hydrogens (primary N) is 1. The monoisotopic (exact) mass is 368 g/mol. The van der Waals surface area contributed by atoms with E-state index in [0.717, 1.165) is 42.8 Å². The fraction of sp³-hybridized carbons (Fsp3) is 0.562. The van der Waals surface area contributed by atoms with Crippen LogP contribution in [0, 0.1) is 0 Å². The number of benzene rings is 1. The van der Waals surface area contributed by atoms with E-state index < -0.39 is 5.54 Å². The molecule has 1 fully saturated rings. The number of nitrogens with one attached hydrogen (secondary N) is 1. The second-order valence-electron chi connectivity index (χ2n) is 6.11. The van der Waals surface area contributed by atoms with Crippen LogP contribution in [-0.4, -0.2) is 62.0 Å². The summed E-state index contributed by atoms with van der Waals surface area (Å²) in [7, 11) is 2.14. The Balaban J connectivity index is 1.82. The molecule has 1 aromatic rings. The predicted molar refractivity (Wildman–Crippen MR) is 92.6 cm³/mol. The highest BCUT2D eigenvalue weighted by Gasteiger charge is 2.30. The number of carbonyl (C=O) groups is 1. The van der Waals surface area contributed by atoms with Gasteiger partial charge in [-0.2, -0.15) is 0 Å². The van der Waals surface area contributed by atoms with Crippen LogP contribution in [0.25, 0.3) is 0 Å². The Kier molecular flexibility index (Phi) is 5.97. The van der Waals surface area contributed by atoms with E-state index in [1.807, 2.05) is 24.3 Å². The van der Waals surface area contributed by atoms with Gasteiger partial charge in [0.05, 0.1) is 0 Å². The van der Waals surface area contributed by atoms with Gasteiger partial charge in [0.25, 0.3) is 0 Å². The summed E-state index contributed by atoms with van der Waals surface area (Å²) in [6.45, 7) is 7.53. The third-order valence-corrected chi connectivity index (χ3v) is 4.75. The van der Waals surface area contributed by atoms with Gasteiger partial charge in [-0.15, -0.1) is 0 Å². The SMILES string of the molecule is CN1CCN(CCNC(=O)C(C)(N)c2ccc(Br)cc2)CC1. The van der Waals surface area contributed by atoms with Crippen molar-refractivity contribution in [3.05, 3.63) is 34.3 Å². The number of amides is 1. The molecule has 122 valence electrons. The van der Waals surface area contributed by atoms with Gasteiger partial charge in [0.2, 0.25) is 5.91 Å². The van der Waals surface area contributed by atoms with E-state index in [0.29, 0.717) is 6.54 Å². The maximum Gasteiger partial charge on any atom is 0.244 e. The highest BCUT2D eigenvalue weighted by Crippen LogP contribution is 2.20. The van der Waals surface area contributed by atoms with Crippen molar-refractivity contribution in [3.63, 3.8) is 0 Å². The lowest BCUT2D eigenvalue weighted by atomic mass is 9.92. The first-order valence-electron chi connectivity index (χ1n) is 7.64. The molecule has 5 nitrogen and oxygen atoms in total. The Bertz CT molecular complexity index is 495. The lowest BCUT2D eigenvalue weighted by molar-refractivity contribution is -0.126. The molecule has 2 rings (SSSR count). The molecule has 1 unspecified atom stereocenters. The van der Waals surface area contributed by atoms with Gasteiger partial charge in [-0.25, -0.2) is 0 Å². The Morgan fingerprint density at radius 2 is 1.86 bits per heavy atom. The normalized spacial score (nSPS) is 19.6. The number of halogens is 1. The molecule has 3 N–H and O–H groups in total. The molecule has 0 radical (unpaired) electrons. The first-order valence-corrected chi connectivity index (χ1v) is 8.43. The maximum atomic E-state index is 12.4. The summed E-state index contributed by atoms with van der Waals surface area (Å²) in [6, 6.07) is 7.56. The summed E-state index contributed by atoms with van der Waals surface area (Å²) in [6.07, 6.45) is 0. The van der Waals surface area contributed by atoms with Crippen LogP contribution in [0.1, 0.15) is 12.5 Å². The number of piperazine rings is 1. The van der Waals surface area contributed by atoms with E-state index in [1.54, 1.807) is 6.92 Å². The first-order chi connectivity index (χ1) is 10.4. The highest BCUT2D eigenvalue weighted by molar-refractivity contribution is 9.10. The second kappa shape index (κ2) is 7.55. The maximum absolute atomic E-state index is 12.4. The molecule has 0 bridgehead atoms. The van der Waals surface area contributed by atoms with Crippen molar-refractivity contribution in [3.8, 4) is 0 Å². The van der Waals surface area contributed by atoms with Crippen molar-refractivity contribution in [1.82, 2.24) is 15.1 Å². The fourth-order valence-corrected chi connectivity index (χ4v) is 2.77. The lowest BCUT2D eigenvalue weighted by Crippen LogP contribution is -2.51. The Morgan fingerprint density at radius 1 is 1.27 bits per heavy atom. The van der Waals surface area contributed by atoms with E-state index in [-0.39, 0.29) is 5.91 Å². The van der Waals surface area contributed by atoms with Crippen molar-refractivity contribution < 1.29 is 4.79 Å². The largest absolute Gasteiger partial charge is 0.353 e. The number of likely N-dealkylation sites (N-methyl/N-ethyl adjacent to an activating group) is 1. The molecule has 1 aliphatic heterocycles. The van der Waals surface area contributed by atoms with Crippen LogP contribution in [0.4, 0.5) is 0 Å². The van der Waals surface area contributed by atoms with Crippen LogP contribution < -0.4 is 11.1 Å². The molecule has 0 spiro atoms. The molecule has 1 heterocycles. The van der Waals surface area contributed by atoms with Crippen LogP contribution in [0.3, 0.4) is 0 Å². The number of nitrogens with zero attached hydrogens (tertiary/aromatic N) is 2. The molecule has 0 aromatic heterocycles. The standard InChI is InChI=1S/C16H25BrN4O/c1-16(18,13-3-5-14(17)6-4-13)15(22)19-7-8-21-11-9-20(2)10-12-21/h3-6H,7-12,18H2,1-2H3,(H,19,22). The first kappa shape index (κ1) is 17.4. The van der Waals surface area contributed by atoms with E-state index in [2.05, 4.69) is 38.1 Å². The van der Waals surface area contributed by atoms with Gasteiger partial charge < -0.3 is 16.0 Å². The molecule has 1 aliphatic rings. The molecule has 1 aromatic carbocycles. The Morgan fingerprint density at radius 3 is 2.45 bits per heavy atom. The summed E-state index contributed by atoms with van der Waals surface area (Å²) in [5, 5.41) is 2.96. The quantitative estimate of drug-likeness (QED) is 0.813. The molecule has 0 saturated carbocycles. The van der Waals surface area contributed by atoms with Gasteiger partial charge in [-0.05, 0) is 31.7 Å². The van der Waals surface area contributed by atoms with E-state index >= 15 is 0 Å². The van der Waals surface area contributed by atoms with E-state index in [9.17, 15) is 4.79 Å². The third kappa shape index (κ3) is 4.52. The topological polar surface area (TPSA) is 61.6 Å². The van der Waals surface area contributed by atoms with E-state index in [4.69, 9.17) is 5.73 Å². The number of rotatable bonds is 5. The molecule has 1 atom stereocenters. The summed E-state index contributed by atoms with van der Waals surface area (Å²) < 4.78 is 0.975. The van der Waals surface area contributed by atoms with Gasteiger partial charge in [0.15, 0.2) is 0 Å². The lowest BCUT2D eigenvalue weighted by Gasteiger charge is -2.32. The Hall–Kier alpha value is -0.950. The predicted octanol–water partition coefficient (Wildman–Crippen LogP) is 0.987. The van der Waals surface area contributed by atoms with Crippen molar-refractivity contribution in [2.24, 2.45) is 5.73 Å². The zero-order chi connectivity index (χ0) is 16.2. The summed E-state index contributed by atoms with van der Waals surface area (Å²) >= 11 is 3.39. The zero-order valence-corrected chi connectivity index (χ0v) is 14.9. The number of carbonyl (C=O) groups excluding carboxylic acids is 1. The fourth-order valence-electron chi connectivity index (χ4n) is 2.51. The van der Waals surface area contributed by atoms with Gasteiger partial charge >= 0.3 is 0 Å². The van der Waals surface area contributed by atoms with Gasteiger partial charge in [-0.3, -0.25) is 9.69 Å². The molecule has 22 heavy (non-hydrogen) atoms. The smallest absolute Gasteiger partial charge is 0.244 e. The van der Waals surface area contributed by atoms with Gasteiger partial charge in [0, 0.05) is 43.7 Å². The van der Waals surface area contributed by atoms with Crippen LogP contribution in [0.15, 0.2) is 28.7 Å². The average Bonchev–Trinajstić information content (AvgIpc) is 2.49. The van der Waals surface area contributed by atoms with Crippen molar-refractivity contribution in [2.45, 2.75) is 12.5 Å². The summed E-state index contributed by atoms with van der Waals surface area (Å²) in [5.74, 6) is -0.135. The molecular weight excluding hydrogens is 344 g/mol. The van der Waals surface area contributed by atoms with Gasteiger partial charge in [-0.1, -0.05) is 28.1 Å². The zero-order valence-electron chi connectivity index (χ0n) is 13.3. The minimum absolute atomic E-state index is 0.135. The van der Waals surface area contributed by atoms with Crippen LogP contribution in [0.2, 0.25) is 0 Å². The Labute approximate surface area is 141 Å². The van der Waals surface area contributed by atoms with Crippen LogP contribution in [0.5, 0.6) is 0 Å². The minimum Gasteiger partial charge on any atom is -0.353 e. The molecule has 6 heteroatoms. The minimum atomic E-state index is -1.01. The molecule has 0 aliphatic carbocycles. The molecular formula is C16H25BrN4O.